The summed E-state index contributed by atoms with van der Waals surface area (Å²) in [5.74, 6) is 0.648. The fourth-order valence-corrected chi connectivity index (χ4v) is 3.15. The number of likely N-dealkylation sites (N-methyl/N-ethyl adjacent to an activating group) is 1. The van der Waals surface area contributed by atoms with Crippen LogP contribution in [0.1, 0.15) is 20.3 Å². The molecule has 1 N–H and O–H groups in total. The second-order valence-electron chi connectivity index (χ2n) is 4.70. The van der Waals surface area contributed by atoms with Crippen LogP contribution in [0.5, 0.6) is 0 Å². The van der Waals surface area contributed by atoms with Crippen molar-refractivity contribution in [3.05, 3.63) is 48.0 Å². The molecule has 0 saturated heterocycles. The summed E-state index contributed by atoms with van der Waals surface area (Å²) in [6.07, 6.45) is 6.04. The van der Waals surface area contributed by atoms with Crippen molar-refractivity contribution in [2.45, 2.75) is 24.7 Å². The lowest BCUT2D eigenvalue weighted by molar-refractivity contribution is 0.225. The molecule has 21 heavy (non-hydrogen) atoms. The third-order valence-corrected chi connectivity index (χ3v) is 4.45. The van der Waals surface area contributed by atoms with E-state index in [1.54, 1.807) is 18.3 Å². The molecule has 1 aliphatic carbocycles. The molecule has 0 saturated carbocycles. The van der Waals surface area contributed by atoms with Crippen molar-refractivity contribution in [1.82, 2.24) is 9.88 Å². The number of azo groups is 1. The van der Waals surface area contributed by atoms with Gasteiger partial charge in [-0.2, -0.15) is 0 Å². The van der Waals surface area contributed by atoms with E-state index in [-0.39, 0.29) is 10.2 Å². The second kappa shape index (κ2) is 6.95. The van der Waals surface area contributed by atoms with Crippen LogP contribution in [-0.2, 0) is 0 Å². The Kier molecular flexibility index (Phi) is 5.25. The van der Waals surface area contributed by atoms with Crippen molar-refractivity contribution in [1.29, 1.82) is 0 Å². The van der Waals surface area contributed by atoms with Crippen LogP contribution in [0.25, 0.3) is 0 Å². The Hall–Kier alpha value is -1.53. The zero-order chi connectivity index (χ0) is 15.3. The van der Waals surface area contributed by atoms with Crippen molar-refractivity contribution in [3.8, 4) is 0 Å². The number of alkyl halides is 1. The number of hydrogen-bond acceptors (Lipinski definition) is 5. The third kappa shape index (κ3) is 3.77. The van der Waals surface area contributed by atoms with Crippen LogP contribution in [0.15, 0.2) is 58.2 Å². The largest absolute Gasteiger partial charge is 0.506 e. The molecule has 112 valence electrons. The Bertz CT molecular complexity index is 566. The monoisotopic (exact) mass is 350 g/mol. The van der Waals surface area contributed by atoms with Crippen molar-refractivity contribution < 1.29 is 5.11 Å². The number of halogens is 1. The van der Waals surface area contributed by atoms with E-state index in [9.17, 15) is 5.11 Å². The molecule has 0 amide bonds. The fourth-order valence-electron chi connectivity index (χ4n) is 2.27. The summed E-state index contributed by atoms with van der Waals surface area (Å²) in [6.45, 7) is 5.98. The van der Waals surface area contributed by atoms with E-state index >= 15 is 0 Å². The highest BCUT2D eigenvalue weighted by molar-refractivity contribution is 9.10. The number of nitrogens with zero attached hydrogens (tertiary/aromatic N) is 4. The summed E-state index contributed by atoms with van der Waals surface area (Å²) < 4.78 is -0.357. The number of aliphatic hydroxyl groups is 1. The first-order chi connectivity index (χ1) is 10.1. The zero-order valence-electron chi connectivity index (χ0n) is 12.2. The van der Waals surface area contributed by atoms with Crippen LogP contribution in [0.4, 0.5) is 5.82 Å². The van der Waals surface area contributed by atoms with Crippen LogP contribution >= 0.6 is 15.9 Å². The average Bonchev–Trinajstić information content (AvgIpc) is 2.48. The predicted octanol–water partition coefficient (Wildman–Crippen LogP) is 4.33. The Balaban J connectivity index is 2.14. The Morgan fingerprint density at radius 2 is 2.10 bits per heavy atom. The summed E-state index contributed by atoms with van der Waals surface area (Å²) in [5, 5.41) is 18.3. The standard InChI is InChI=1S/C15H19BrN4O/c1-3-20(4-2)15(16)9-8-12(13(21)11-15)18-19-14-7-5-6-10-17-14/h5-8,10-11,21H,3-4,9H2,1-2H3. The molecule has 1 heterocycles. The molecule has 0 aliphatic heterocycles. The first kappa shape index (κ1) is 15.9. The van der Waals surface area contributed by atoms with E-state index in [0.29, 0.717) is 11.5 Å². The Morgan fingerprint density at radius 3 is 2.67 bits per heavy atom. The molecular weight excluding hydrogens is 332 g/mol. The molecule has 0 fully saturated rings. The van der Waals surface area contributed by atoms with Gasteiger partial charge in [0.15, 0.2) is 5.82 Å². The van der Waals surface area contributed by atoms with E-state index in [2.05, 4.69) is 49.9 Å². The zero-order valence-corrected chi connectivity index (χ0v) is 13.8. The van der Waals surface area contributed by atoms with E-state index in [1.807, 2.05) is 18.2 Å². The second-order valence-corrected chi connectivity index (χ2v) is 6.08. The number of aromatic nitrogens is 1. The first-order valence-electron chi connectivity index (χ1n) is 6.98. The van der Waals surface area contributed by atoms with Gasteiger partial charge in [0.25, 0.3) is 0 Å². The van der Waals surface area contributed by atoms with Crippen LogP contribution in [0.2, 0.25) is 0 Å². The number of aliphatic hydroxyl groups excluding tert-OH is 1. The molecule has 2 rings (SSSR count). The molecule has 0 spiro atoms. The molecule has 1 aromatic rings. The molecule has 1 atom stereocenters. The Labute approximate surface area is 133 Å². The SMILES string of the molecule is CCN(CC)C1(Br)C=C(O)C(N=Nc2ccccn2)=CC1. The normalized spacial score (nSPS) is 22.5. The quantitative estimate of drug-likeness (QED) is 0.488. The maximum atomic E-state index is 10.2. The van der Waals surface area contributed by atoms with Gasteiger partial charge in [-0.15, -0.1) is 10.2 Å². The Morgan fingerprint density at radius 1 is 1.33 bits per heavy atom. The van der Waals surface area contributed by atoms with Gasteiger partial charge in [-0.05, 0) is 37.4 Å². The molecule has 1 aromatic heterocycles. The van der Waals surface area contributed by atoms with Crippen molar-refractivity contribution in [2.24, 2.45) is 10.2 Å². The topological polar surface area (TPSA) is 61.1 Å². The molecule has 0 bridgehead atoms. The summed E-state index contributed by atoms with van der Waals surface area (Å²) in [4.78, 5) is 6.29. The van der Waals surface area contributed by atoms with Gasteiger partial charge in [-0.3, -0.25) is 4.90 Å². The van der Waals surface area contributed by atoms with E-state index < -0.39 is 0 Å². The fraction of sp³-hybridized carbons (Fsp3) is 0.400. The number of hydrogen-bond donors (Lipinski definition) is 1. The summed E-state index contributed by atoms with van der Waals surface area (Å²) >= 11 is 3.71. The highest BCUT2D eigenvalue weighted by Gasteiger charge is 2.33. The van der Waals surface area contributed by atoms with Crippen LogP contribution in [0.3, 0.4) is 0 Å². The van der Waals surface area contributed by atoms with Gasteiger partial charge < -0.3 is 5.11 Å². The van der Waals surface area contributed by atoms with Crippen molar-refractivity contribution in [2.75, 3.05) is 13.1 Å². The minimum atomic E-state index is -0.357. The lowest BCUT2D eigenvalue weighted by Gasteiger charge is -2.37. The highest BCUT2D eigenvalue weighted by Crippen LogP contribution is 2.36. The molecule has 6 heteroatoms. The third-order valence-electron chi connectivity index (χ3n) is 3.40. The lowest BCUT2D eigenvalue weighted by atomic mass is 10.0. The van der Waals surface area contributed by atoms with Gasteiger partial charge in [-0.25, -0.2) is 4.98 Å². The predicted molar refractivity (Wildman–Crippen MR) is 86.7 cm³/mol. The summed E-state index contributed by atoms with van der Waals surface area (Å²) in [6, 6.07) is 5.42. The van der Waals surface area contributed by atoms with Crippen LogP contribution < -0.4 is 0 Å². The van der Waals surface area contributed by atoms with Gasteiger partial charge in [0.2, 0.25) is 0 Å². The minimum Gasteiger partial charge on any atom is -0.506 e. The van der Waals surface area contributed by atoms with Gasteiger partial charge >= 0.3 is 0 Å². The van der Waals surface area contributed by atoms with Gasteiger partial charge in [-0.1, -0.05) is 35.8 Å². The number of pyridine rings is 1. The highest BCUT2D eigenvalue weighted by atomic mass is 79.9. The molecule has 1 aliphatic rings. The molecular formula is C15H19BrN4O. The van der Waals surface area contributed by atoms with Gasteiger partial charge in [0.1, 0.15) is 15.9 Å². The van der Waals surface area contributed by atoms with E-state index in [1.165, 1.54) is 0 Å². The lowest BCUT2D eigenvalue weighted by Crippen LogP contribution is -2.43. The van der Waals surface area contributed by atoms with E-state index in [0.717, 1.165) is 19.5 Å². The molecule has 5 nitrogen and oxygen atoms in total. The minimum absolute atomic E-state index is 0.129. The van der Waals surface area contributed by atoms with Crippen LogP contribution in [-0.4, -0.2) is 32.5 Å². The maximum Gasteiger partial charge on any atom is 0.174 e. The molecule has 0 radical (unpaired) electrons. The maximum absolute atomic E-state index is 10.2. The average molecular weight is 351 g/mol. The van der Waals surface area contributed by atoms with E-state index in [4.69, 9.17) is 0 Å². The molecule has 0 aromatic carbocycles. The number of rotatable bonds is 5. The van der Waals surface area contributed by atoms with Gasteiger partial charge in [0, 0.05) is 12.6 Å². The summed E-state index contributed by atoms with van der Waals surface area (Å²) in [5.41, 5.74) is 0.475. The van der Waals surface area contributed by atoms with Crippen molar-refractivity contribution >= 4 is 21.7 Å². The first-order valence-corrected chi connectivity index (χ1v) is 7.77. The van der Waals surface area contributed by atoms with Crippen molar-refractivity contribution in [3.63, 3.8) is 0 Å². The van der Waals surface area contributed by atoms with Gasteiger partial charge in [0.05, 0.1) is 0 Å². The van der Waals surface area contributed by atoms with Crippen LogP contribution in [0, 0.1) is 0 Å². The molecule has 1 unspecified atom stereocenters. The summed E-state index contributed by atoms with van der Waals surface area (Å²) in [7, 11) is 0. The smallest absolute Gasteiger partial charge is 0.174 e.